The summed E-state index contributed by atoms with van der Waals surface area (Å²) in [5, 5.41) is 23.9. The molecule has 0 aliphatic carbocycles. The highest BCUT2D eigenvalue weighted by Crippen LogP contribution is 2.30. The van der Waals surface area contributed by atoms with Crippen LogP contribution in [0.3, 0.4) is 0 Å². The van der Waals surface area contributed by atoms with Gasteiger partial charge < -0.3 is 15.5 Å². The summed E-state index contributed by atoms with van der Waals surface area (Å²) < 4.78 is 26.8. The molecule has 0 saturated carbocycles. The minimum absolute atomic E-state index is 0.0997. The van der Waals surface area contributed by atoms with Crippen molar-refractivity contribution in [2.75, 3.05) is 13.1 Å². The lowest BCUT2D eigenvalue weighted by atomic mass is 9.94. The lowest BCUT2D eigenvalue weighted by Gasteiger charge is -2.13. The highest BCUT2D eigenvalue weighted by molar-refractivity contribution is 7.91. The number of hydrogen-bond donors (Lipinski definition) is 3. The molecule has 0 aromatic heterocycles. The molecular formula is C31H30ClNO5S. The molecule has 4 rings (SSSR count). The van der Waals surface area contributed by atoms with E-state index in [1.807, 2.05) is 13.0 Å². The van der Waals surface area contributed by atoms with Gasteiger partial charge in [0, 0.05) is 11.6 Å². The van der Waals surface area contributed by atoms with E-state index in [-0.39, 0.29) is 15.4 Å². The Morgan fingerprint density at radius 3 is 2.33 bits per heavy atom. The number of carbonyl (C=O) groups is 1. The lowest BCUT2D eigenvalue weighted by Crippen LogP contribution is -2.23. The van der Waals surface area contributed by atoms with Gasteiger partial charge in [-0.15, -0.1) is 0 Å². The normalized spacial score (nSPS) is 12.3. The summed E-state index contributed by atoms with van der Waals surface area (Å²) in [6.45, 7) is 2.86. The Morgan fingerprint density at radius 2 is 1.64 bits per heavy atom. The van der Waals surface area contributed by atoms with E-state index in [9.17, 15) is 23.4 Å². The Kier molecular flexibility index (Phi) is 9.20. The van der Waals surface area contributed by atoms with E-state index in [4.69, 9.17) is 11.6 Å². The molecule has 0 heterocycles. The van der Waals surface area contributed by atoms with Crippen molar-refractivity contribution in [3.8, 4) is 11.1 Å². The molecule has 0 aliphatic heterocycles. The summed E-state index contributed by atoms with van der Waals surface area (Å²) in [6, 6.07) is 25.5. The molecule has 4 aromatic rings. The van der Waals surface area contributed by atoms with E-state index in [1.54, 1.807) is 72.8 Å². The van der Waals surface area contributed by atoms with Gasteiger partial charge in [-0.1, -0.05) is 73.1 Å². The molecule has 0 saturated heterocycles. The van der Waals surface area contributed by atoms with Gasteiger partial charge in [-0.2, -0.15) is 0 Å². The molecule has 39 heavy (non-hydrogen) atoms. The van der Waals surface area contributed by atoms with E-state index < -0.39 is 21.9 Å². The first-order chi connectivity index (χ1) is 18.7. The predicted molar refractivity (Wildman–Crippen MR) is 153 cm³/mol. The molecule has 3 N–H and O–H groups in total. The summed E-state index contributed by atoms with van der Waals surface area (Å²) in [7, 11) is -3.81. The Labute approximate surface area is 233 Å². The maximum Gasteiger partial charge on any atom is 0.336 e. The molecule has 6 nitrogen and oxygen atoms in total. The van der Waals surface area contributed by atoms with Crippen molar-refractivity contribution in [2.24, 2.45) is 0 Å². The van der Waals surface area contributed by atoms with Crippen molar-refractivity contribution in [3.05, 3.63) is 118 Å². The predicted octanol–water partition coefficient (Wildman–Crippen LogP) is 5.97. The van der Waals surface area contributed by atoms with Crippen LogP contribution in [-0.2, 0) is 22.7 Å². The zero-order valence-electron chi connectivity index (χ0n) is 21.5. The number of aryl methyl sites for hydroxylation is 1. The molecule has 0 aliphatic rings. The van der Waals surface area contributed by atoms with Gasteiger partial charge >= 0.3 is 5.97 Å². The second-order valence-corrected chi connectivity index (χ2v) is 11.6. The van der Waals surface area contributed by atoms with Crippen molar-refractivity contribution in [3.63, 3.8) is 0 Å². The van der Waals surface area contributed by atoms with Crippen LogP contribution in [0.15, 0.2) is 101 Å². The molecule has 0 radical (unpaired) electrons. The van der Waals surface area contributed by atoms with Crippen LogP contribution >= 0.6 is 11.6 Å². The van der Waals surface area contributed by atoms with Crippen LogP contribution in [0.1, 0.15) is 40.1 Å². The topological polar surface area (TPSA) is 104 Å². The highest BCUT2D eigenvalue weighted by Gasteiger charge is 2.21. The first-order valence-electron chi connectivity index (χ1n) is 12.6. The van der Waals surface area contributed by atoms with Crippen LogP contribution in [0.5, 0.6) is 0 Å². The van der Waals surface area contributed by atoms with Gasteiger partial charge in [0.1, 0.15) is 0 Å². The number of halogens is 1. The molecule has 0 amide bonds. The van der Waals surface area contributed by atoms with Crippen molar-refractivity contribution >= 4 is 27.4 Å². The SMILES string of the molecule is CCc1cccc(-c2cccc(S(=O)(=O)c3ccc(CCNCC(O)c4cccc(Cl)c4)cc3)c2)c1C(=O)O. The molecule has 0 bridgehead atoms. The number of nitrogens with one attached hydrogen (secondary N) is 1. The maximum absolute atomic E-state index is 13.4. The van der Waals surface area contributed by atoms with E-state index in [1.165, 1.54) is 12.1 Å². The Morgan fingerprint density at radius 1 is 0.923 bits per heavy atom. The second-order valence-electron chi connectivity index (χ2n) is 9.20. The fourth-order valence-electron chi connectivity index (χ4n) is 4.49. The number of benzene rings is 4. The third-order valence-corrected chi connectivity index (χ3v) is 8.60. The first-order valence-corrected chi connectivity index (χ1v) is 14.5. The average Bonchev–Trinajstić information content (AvgIpc) is 2.95. The van der Waals surface area contributed by atoms with E-state index in [2.05, 4.69) is 5.32 Å². The molecule has 202 valence electrons. The van der Waals surface area contributed by atoms with E-state index in [0.717, 1.165) is 11.1 Å². The standard InChI is InChI=1S/C31H30ClNO5S/c1-2-22-6-5-11-28(30(22)31(35)36)23-7-4-10-27(19-23)39(37,38)26-14-12-21(13-15-26)16-17-33-20-29(34)24-8-3-9-25(32)18-24/h3-15,18-19,29,33-34H,2,16-17,20H2,1H3,(H,35,36). The van der Waals surface area contributed by atoms with Crippen molar-refractivity contribution in [1.29, 1.82) is 0 Å². The van der Waals surface area contributed by atoms with Crippen LogP contribution in [0.4, 0.5) is 0 Å². The monoisotopic (exact) mass is 563 g/mol. The molecule has 4 aromatic carbocycles. The molecule has 0 spiro atoms. The molecule has 8 heteroatoms. The van der Waals surface area contributed by atoms with Gasteiger partial charge in [0.25, 0.3) is 0 Å². The zero-order valence-corrected chi connectivity index (χ0v) is 23.0. The Bertz CT molecular complexity index is 1570. The first kappa shape index (κ1) is 28.5. The number of rotatable bonds is 11. The second kappa shape index (κ2) is 12.6. The third kappa shape index (κ3) is 6.75. The number of carboxylic acids is 1. The number of sulfone groups is 1. The molecular weight excluding hydrogens is 534 g/mol. The lowest BCUT2D eigenvalue weighted by molar-refractivity contribution is 0.0696. The van der Waals surface area contributed by atoms with Crippen LogP contribution in [0.25, 0.3) is 11.1 Å². The van der Waals surface area contributed by atoms with Gasteiger partial charge in [-0.3, -0.25) is 0 Å². The Balaban J connectivity index is 1.45. The fraction of sp³-hybridized carbons (Fsp3) is 0.194. The maximum atomic E-state index is 13.4. The van der Waals surface area contributed by atoms with Gasteiger partial charge in [-0.05, 0) is 83.6 Å². The summed E-state index contributed by atoms with van der Waals surface area (Å²) in [5.41, 5.74) is 3.60. The van der Waals surface area contributed by atoms with E-state index >= 15 is 0 Å². The van der Waals surface area contributed by atoms with Crippen molar-refractivity contribution < 1.29 is 23.4 Å². The van der Waals surface area contributed by atoms with Gasteiger partial charge in [0.2, 0.25) is 9.84 Å². The number of hydrogen-bond acceptors (Lipinski definition) is 5. The average molecular weight is 564 g/mol. The quantitative estimate of drug-likeness (QED) is 0.194. The Hall–Kier alpha value is -3.49. The van der Waals surface area contributed by atoms with E-state index in [0.29, 0.717) is 47.6 Å². The molecule has 1 unspecified atom stereocenters. The summed E-state index contributed by atoms with van der Waals surface area (Å²) in [4.78, 5) is 12.2. The number of aromatic carboxylic acids is 1. The fourth-order valence-corrected chi connectivity index (χ4v) is 6.00. The number of carboxylic acid groups (broad SMARTS) is 1. The van der Waals surface area contributed by atoms with Crippen LogP contribution in [-0.4, -0.2) is 37.7 Å². The summed E-state index contributed by atoms with van der Waals surface area (Å²) >= 11 is 5.98. The molecule has 0 fully saturated rings. The van der Waals surface area contributed by atoms with Crippen LogP contribution < -0.4 is 5.32 Å². The minimum Gasteiger partial charge on any atom is -0.478 e. The van der Waals surface area contributed by atoms with Crippen LogP contribution in [0, 0.1) is 0 Å². The smallest absolute Gasteiger partial charge is 0.336 e. The summed E-state index contributed by atoms with van der Waals surface area (Å²) in [5.74, 6) is -1.04. The highest BCUT2D eigenvalue weighted by atomic mass is 35.5. The van der Waals surface area contributed by atoms with Gasteiger partial charge in [0.15, 0.2) is 0 Å². The molecule has 1 atom stereocenters. The third-order valence-electron chi connectivity index (χ3n) is 6.60. The number of aliphatic hydroxyl groups excluding tert-OH is 1. The van der Waals surface area contributed by atoms with Crippen molar-refractivity contribution in [2.45, 2.75) is 35.7 Å². The minimum atomic E-state index is -3.81. The van der Waals surface area contributed by atoms with Crippen LogP contribution in [0.2, 0.25) is 5.02 Å². The van der Waals surface area contributed by atoms with Crippen molar-refractivity contribution in [1.82, 2.24) is 5.32 Å². The van der Waals surface area contributed by atoms with Gasteiger partial charge in [0.05, 0.1) is 21.5 Å². The van der Waals surface area contributed by atoms with Gasteiger partial charge in [-0.25, -0.2) is 13.2 Å². The summed E-state index contributed by atoms with van der Waals surface area (Å²) in [6.07, 6.45) is 0.532. The largest absolute Gasteiger partial charge is 0.478 e. The zero-order chi connectivity index (χ0) is 28.0. The number of aliphatic hydroxyl groups is 1.